The van der Waals surface area contributed by atoms with E-state index in [1.165, 1.54) is 17.2 Å². The highest BCUT2D eigenvalue weighted by Gasteiger charge is 2.20. The summed E-state index contributed by atoms with van der Waals surface area (Å²) in [5.74, 6) is -0.895. The summed E-state index contributed by atoms with van der Waals surface area (Å²) in [7, 11) is 0. The number of carbonyl (C=O) groups is 1. The van der Waals surface area contributed by atoms with E-state index in [1.54, 1.807) is 6.08 Å². The van der Waals surface area contributed by atoms with Crippen molar-refractivity contribution in [2.45, 2.75) is 18.9 Å². The molecule has 0 aromatic heterocycles. The Balaban J connectivity index is 1.91. The minimum Gasteiger partial charge on any atom is -0.478 e. The zero-order chi connectivity index (χ0) is 11.4. The van der Waals surface area contributed by atoms with Crippen LogP contribution in [0.5, 0.6) is 0 Å². The smallest absolute Gasteiger partial charge is 0.328 e. The highest BCUT2D eigenvalue weighted by atomic mass is 16.4. The van der Waals surface area contributed by atoms with Crippen LogP contribution in [0.4, 0.5) is 0 Å². The second-order valence-electron chi connectivity index (χ2n) is 3.94. The lowest BCUT2D eigenvalue weighted by molar-refractivity contribution is -0.131. The van der Waals surface area contributed by atoms with Crippen molar-refractivity contribution in [3.05, 3.63) is 47.5 Å². The quantitative estimate of drug-likeness (QED) is 0.757. The summed E-state index contributed by atoms with van der Waals surface area (Å²) in [5, 5.41) is 11.8. The number of rotatable bonds is 4. The number of hydrogen-bond donors (Lipinski definition) is 2. The molecular formula is C13H15NO2. The Morgan fingerprint density at radius 1 is 1.50 bits per heavy atom. The summed E-state index contributed by atoms with van der Waals surface area (Å²) in [5.41, 5.74) is 2.76. The van der Waals surface area contributed by atoms with Crippen molar-refractivity contribution in [3.63, 3.8) is 0 Å². The van der Waals surface area contributed by atoms with Crippen LogP contribution in [0, 0.1) is 0 Å². The van der Waals surface area contributed by atoms with Crippen molar-refractivity contribution in [2.75, 3.05) is 6.54 Å². The van der Waals surface area contributed by atoms with Crippen LogP contribution in [0.15, 0.2) is 36.4 Å². The van der Waals surface area contributed by atoms with Gasteiger partial charge in [0, 0.05) is 18.7 Å². The molecule has 0 bridgehead atoms. The summed E-state index contributed by atoms with van der Waals surface area (Å²) < 4.78 is 0. The van der Waals surface area contributed by atoms with E-state index in [-0.39, 0.29) is 0 Å². The number of carboxylic acid groups (broad SMARTS) is 1. The van der Waals surface area contributed by atoms with Crippen LogP contribution in [0.2, 0.25) is 0 Å². The molecule has 1 aliphatic rings. The van der Waals surface area contributed by atoms with Crippen molar-refractivity contribution in [1.82, 2.24) is 5.32 Å². The monoisotopic (exact) mass is 217 g/mol. The lowest BCUT2D eigenvalue weighted by Crippen LogP contribution is -2.19. The van der Waals surface area contributed by atoms with Gasteiger partial charge in [-0.25, -0.2) is 4.79 Å². The molecule has 3 nitrogen and oxygen atoms in total. The van der Waals surface area contributed by atoms with Crippen LogP contribution in [0.3, 0.4) is 0 Å². The number of hydrogen-bond acceptors (Lipinski definition) is 2. The highest BCUT2D eigenvalue weighted by molar-refractivity contribution is 5.79. The van der Waals surface area contributed by atoms with Gasteiger partial charge in [-0.15, -0.1) is 0 Å². The molecule has 1 aromatic carbocycles. The number of aliphatic carboxylic acids is 1. The van der Waals surface area contributed by atoms with Crippen molar-refractivity contribution >= 4 is 5.97 Å². The predicted octanol–water partition coefficient (Wildman–Crippen LogP) is 1.90. The molecule has 1 aromatic rings. The fraction of sp³-hybridized carbons (Fsp3) is 0.308. The molecule has 1 atom stereocenters. The molecule has 0 spiro atoms. The van der Waals surface area contributed by atoms with E-state index in [1.807, 2.05) is 6.07 Å². The van der Waals surface area contributed by atoms with Crippen molar-refractivity contribution in [1.29, 1.82) is 0 Å². The van der Waals surface area contributed by atoms with Gasteiger partial charge in [0.1, 0.15) is 0 Å². The van der Waals surface area contributed by atoms with Crippen LogP contribution in [0.1, 0.15) is 23.6 Å². The van der Waals surface area contributed by atoms with Crippen molar-refractivity contribution in [2.24, 2.45) is 0 Å². The summed E-state index contributed by atoms with van der Waals surface area (Å²) in [6.07, 6.45) is 5.02. The lowest BCUT2D eigenvalue weighted by atomic mass is 10.1. The maximum atomic E-state index is 10.3. The third-order valence-electron chi connectivity index (χ3n) is 2.88. The van der Waals surface area contributed by atoms with Gasteiger partial charge in [-0.05, 0) is 24.0 Å². The first-order valence-electron chi connectivity index (χ1n) is 5.48. The summed E-state index contributed by atoms with van der Waals surface area (Å²) in [4.78, 5) is 10.3. The first kappa shape index (κ1) is 10.9. The Kier molecular flexibility index (Phi) is 3.37. The number of fused-ring (bicyclic) bond motifs is 1. The zero-order valence-electron chi connectivity index (χ0n) is 9.02. The average molecular weight is 217 g/mol. The van der Waals surface area contributed by atoms with Crippen molar-refractivity contribution < 1.29 is 9.90 Å². The third kappa shape index (κ3) is 2.49. The van der Waals surface area contributed by atoms with Crippen LogP contribution in [0.25, 0.3) is 0 Å². The molecule has 0 amide bonds. The van der Waals surface area contributed by atoms with Gasteiger partial charge in [0.15, 0.2) is 0 Å². The third-order valence-corrected chi connectivity index (χ3v) is 2.88. The lowest BCUT2D eigenvalue weighted by Gasteiger charge is -2.11. The number of nitrogens with one attached hydrogen (secondary N) is 1. The van der Waals surface area contributed by atoms with E-state index in [2.05, 4.69) is 23.5 Å². The number of carboxylic acids is 1. The predicted molar refractivity (Wildman–Crippen MR) is 62.3 cm³/mol. The van der Waals surface area contributed by atoms with Gasteiger partial charge in [0.2, 0.25) is 0 Å². The SMILES string of the molecule is O=C(O)/C=C/CNC1CCc2ccccc21. The normalized spacial score (nSPS) is 18.9. The fourth-order valence-electron chi connectivity index (χ4n) is 2.14. The van der Waals surface area contributed by atoms with Gasteiger partial charge in [0.05, 0.1) is 0 Å². The maximum Gasteiger partial charge on any atom is 0.328 e. The minimum atomic E-state index is -0.895. The highest BCUT2D eigenvalue weighted by Crippen LogP contribution is 2.30. The molecule has 1 aliphatic carbocycles. The Morgan fingerprint density at radius 2 is 2.31 bits per heavy atom. The van der Waals surface area contributed by atoms with Gasteiger partial charge in [-0.2, -0.15) is 0 Å². The summed E-state index contributed by atoms with van der Waals surface area (Å²) in [6.45, 7) is 0.602. The van der Waals surface area contributed by atoms with Gasteiger partial charge in [-0.3, -0.25) is 0 Å². The molecule has 0 heterocycles. The zero-order valence-corrected chi connectivity index (χ0v) is 9.02. The molecule has 2 N–H and O–H groups in total. The standard InChI is InChI=1S/C13H15NO2/c15-13(16)6-3-9-14-12-8-7-10-4-1-2-5-11(10)12/h1-6,12,14H,7-9H2,(H,15,16)/b6-3+. The van der Waals surface area contributed by atoms with E-state index < -0.39 is 5.97 Å². The Bertz CT molecular complexity index is 412. The van der Waals surface area contributed by atoms with Gasteiger partial charge >= 0.3 is 5.97 Å². The molecule has 16 heavy (non-hydrogen) atoms. The molecule has 2 rings (SSSR count). The Labute approximate surface area is 94.8 Å². The first-order chi connectivity index (χ1) is 7.77. The number of benzene rings is 1. The molecule has 0 radical (unpaired) electrons. The number of aryl methyl sites for hydroxylation is 1. The van der Waals surface area contributed by atoms with E-state index in [4.69, 9.17) is 5.11 Å². The van der Waals surface area contributed by atoms with E-state index in [0.717, 1.165) is 12.8 Å². The van der Waals surface area contributed by atoms with E-state index >= 15 is 0 Å². The molecule has 0 aliphatic heterocycles. The van der Waals surface area contributed by atoms with Gasteiger partial charge in [-0.1, -0.05) is 30.3 Å². The maximum absolute atomic E-state index is 10.3. The minimum absolute atomic E-state index is 0.370. The van der Waals surface area contributed by atoms with Crippen LogP contribution < -0.4 is 5.32 Å². The second-order valence-corrected chi connectivity index (χ2v) is 3.94. The van der Waals surface area contributed by atoms with Crippen LogP contribution >= 0.6 is 0 Å². The summed E-state index contributed by atoms with van der Waals surface area (Å²) >= 11 is 0. The Morgan fingerprint density at radius 3 is 3.12 bits per heavy atom. The van der Waals surface area contributed by atoms with Gasteiger partial charge < -0.3 is 10.4 Å². The molecule has 0 saturated heterocycles. The van der Waals surface area contributed by atoms with Gasteiger partial charge in [0.25, 0.3) is 0 Å². The average Bonchev–Trinajstić information content (AvgIpc) is 2.68. The summed E-state index contributed by atoms with van der Waals surface area (Å²) in [6, 6.07) is 8.78. The molecule has 84 valence electrons. The second kappa shape index (κ2) is 4.94. The van der Waals surface area contributed by atoms with Crippen LogP contribution in [-0.4, -0.2) is 17.6 Å². The van der Waals surface area contributed by atoms with E-state index in [9.17, 15) is 4.79 Å². The molecule has 0 saturated carbocycles. The van der Waals surface area contributed by atoms with E-state index in [0.29, 0.717) is 12.6 Å². The molecule has 3 heteroatoms. The largest absolute Gasteiger partial charge is 0.478 e. The fourth-order valence-corrected chi connectivity index (χ4v) is 2.14. The molecular weight excluding hydrogens is 202 g/mol. The topological polar surface area (TPSA) is 49.3 Å². The Hall–Kier alpha value is -1.61. The first-order valence-corrected chi connectivity index (χ1v) is 5.48. The van der Waals surface area contributed by atoms with Crippen LogP contribution in [-0.2, 0) is 11.2 Å². The molecule has 0 fully saturated rings. The van der Waals surface area contributed by atoms with Crippen molar-refractivity contribution in [3.8, 4) is 0 Å². The molecule has 1 unspecified atom stereocenters.